The van der Waals surface area contributed by atoms with Crippen molar-refractivity contribution in [1.82, 2.24) is 0 Å². The SMILES string of the molecule is CCS(=O)(=O)[C@](Cl)(Br)[C@H](O)c1ccccc1F. The van der Waals surface area contributed by atoms with E-state index in [2.05, 4.69) is 15.9 Å². The molecule has 0 unspecified atom stereocenters. The molecule has 0 heterocycles. The summed E-state index contributed by atoms with van der Waals surface area (Å²) in [5, 5.41) is 9.90. The molecule has 0 saturated heterocycles. The highest BCUT2D eigenvalue weighted by Gasteiger charge is 2.46. The van der Waals surface area contributed by atoms with Crippen LogP contribution in [0.5, 0.6) is 0 Å². The predicted octanol–water partition coefficient (Wildman–Crippen LogP) is 2.58. The first-order chi connectivity index (χ1) is 7.74. The Morgan fingerprint density at radius 2 is 2.06 bits per heavy atom. The highest BCUT2D eigenvalue weighted by Crippen LogP contribution is 2.43. The summed E-state index contributed by atoms with van der Waals surface area (Å²) in [6.45, 7) is 1.39. The highest BCUT2D eigenvalue weighted by atomic mass is 79.9. The molecule has 0 amide bonds. The number of alkyl halides is 2. The molecular formula is C10H11BrClFO3S. The third kappa shape index (κ3) is 2.81. The summed E-state index contributed by atoms with van der Waals surface area (Å²) < 4.78 is 34.7. The average Bonchev–Trinajstić information content (AvgIpc) is 2.28. The van der Waals surface area contributed by atoms with E-state index in [1.807, 2.05) is 0 Å². The van der Waals surface area contributed by atoms with Gasteiger partial charge in [-0.1, -0.05) is 36.7 Å². The summed E-state index contributed by atoms with van der Waals surface area (Å²) in [6, 6.07) is 5.32. The van der Waals surface area contributed by atoms with Crippen molar-refractivity contribution in [2.75, 3.05) is 5.75 Å². The van der Waals surface area contributed by atoms with Gasteiger partial charge in [-0.25, -0.2) is 12.8 Å². The molecule has 0 fully saturated rings. The maximum Gasteiger partial charge on any atom is 0.229 e. The van der Waals surface area contributed by atoms with E-state index in [4.69, 9.17) is 11.6 Å². The Morgan fingerprint density at radius 3 is 2.53 bits per heavy atom. The molecule has 0 aromatic heterocycles. The minimum absolute atomic E-state index is 0.170. The smallest absolute Gasteiger partial charge is 0.229 e. The molecule has 1 aromatic carbocycles. The average molecular weight is 346 g/mol. The molecule has 0 spiro atoms. The van der Waals surface area contributed by atoms with Crippen molar-refractivity contribution < 1.29 is 17.9 Å². The van der Waals surface area contributed by atoms with Gasteiger partial charge in [-0.05, 0) is 22.0 Å². The first-order valence-corrected chi connectivity index (χ1v) is 7.59. The van der Waals surface area contributed by atoms with Gasteiger partial charge in [-0.3, -0.25) is 0 Å². The topological polar surface area (TPSA) is 54.4 Å². The number of hydrogen-bond acceptors (Lipinski definition) is 3. The Labute approximate surface area is 113 Å². The van der Waals surface area contributed by atoms with Crippen molar-refractivity contribution in [3.63, 3.8) is 0 Å². The van der Waals surface area contributed by atoms with Gasteiger partial charge in [0.1, 0.15) is 11.9 Å². The van der Waals surface area contributed by atoms with Gasteiger partial charge in [0, 0.05) is 5.56 Å². The van der Waals surface area contributed by atoms with Crippen LogP contribution in [0, 0.1) is 5.82 Å². The minimum atomic E-state index is -3.80. The fraction of sp³-hybridized carbons (Fsp3) is 0.400. The summed E-state index contributed by atoms with van der Waals surface area (Å²) in [6.07, 6.45) is -1.70. The van der Waals surface area contributed by atoms with E-state index in [-0.39, 0.29) is 11.3 Å². The normalized spacial score (nSPS) is 17.5. The largest absolute Gasteiger partial charge is 0.384 e. The first-order valence-electron chi connectivity index (χ1n) is 4.76. The van der Waals surface area contributed by atoms with Crippen molar-refractivity contribution in [2.24, 2.45) is 0 Å². The molecular weight excluding hydrogens is 335 g/mol. The molecule has 2 atom stereocenters. The van der Waals surface area contributed by atoms with Crippen LogP contribution < -0.4 is 0 Å². The van der Waals surface area contributed by atoms with Crippen LogP contribution >= 0.6 is 27.5 Å². The second-order valence-corrected chi connectivity index (χ2v) is 8.89. The summed E-state index contributed by atoms with van der Waals surface area (Å²) in [4.78, 5) is 0. The first kappa shape index (κ1) is 14.9. The Bertz CT molecular complexity index is 504. The van der Waals surface area contributed by atoms with Crippen LogP contribution in [0.25, 0.3) is 0 Å². The highest BCUT2D eigenvalue weighted by molar-refractivity contribution is 9.12. The molecule has 0 radical (unpaired) electrons. The lowest BCUT2D eigenvalue weighted by Crippen LogP contribution is -2.34. The van der Waals surface area contributed by atoms with Gasteiger partial charge in [0.25, 0.3) is 0 Å². The predicted molar refractivity (Wildman–Crippen MR) is 68.3 cm³/mol. The molecule has 0 saturated carbocycles. The van der Waals surface area contributed by atoms with Crippen LogP contribution in [-0.4, -0.2) is 22.4 Å². The van der Waals surface area contributed by atoms with Crippen LogP contribution in [0.2, 0.25) is 0 Å². The Hall–Kier alpha value is -0.170. The molecule has 0 aliphatic carbocycles. The van der Waals surface area contributed by atoms with Crippen LogP contribution in [0.4, 0.5) is 4.39 Å². The van der Waals surface area contributed by atoms with E-state index < -0.39 is 24.9 Å². The minimum Gasteiger partial charge on any atom is -0.384 e. The van der Waals surface area contributed by atoms with E-state index in [1.54, 1.807) is 0 Å². The molecule has 1 rings (SSSR count). The van der Waals surface area contributed by atoms with Crippen LogP contribution in [0.1, 0.15) is 18.6 Å². The van der Waals surface area contributed by atoms with E-state index in [0.29, 0.717) is 0 Å². The fourth-order valence-electron chi connectivity index (χ4n) is 1.24. The third-order valence-corrected chi connectivity index (χ3v) is 6.95. The van der Waals surface area contributed by atoms with Gasteiger partial charge in [-0.2, -0.15) is 0 Å². The van der Waals surface area contributed by atoms with Gasteiger partial charge < -0.3 is 5.11 Å². The second-order valence-electron chi connectivity index (χ2n) is 3.39. The quantitative estimate of drug-likeness (QED) is 0.853. The number of sulfone groups is 1. The van der Waals surface area contributed by atoms with Gasteiger partial charge >= 0.3 is 0 Å². The van der Waals surface area contributed by atoms with E-state index >= 15 is 0 Å². The molecule has 0 bridgehead atoms. The molecule has 1 aromatic rings. The number of halogens is 3. The number of aliphatic hydroxyl groups excluding tert-OH is 1. The Morgan fingerprint density at radius 1 is 1.53 bits per heavy atom. The van der Waals surface area contributed by atoms with Crippen molar-refractivity contribution in [3.8, 4) is 0 Å². The molecule has 0 aliphatic rings. The molecule has 17 heavy (non-hydrogen) atoms. The van der Waals surface area contributed by atoms with E-state index in [9.17, 15) is 17.9 Å². The lowest BCUT2D eigenvalue weighted by Gasteiger charge is -2.26. The summed E-state index contributed by atoms with van der Waals surface area (Å²) >= 11 is 8.56. The van der Waals surface area contributed by atoms with Gasteiger partial charge in [0.05, 0.1) is 5.75 Å². The van der Waals surface area contributed by atoms with E-state index in [0.717, 1.165) is 6.07 Å². The zero-order chi connectivity index (χ0) is 13.3. The molecule has 3 nitrogen and oxygen atoms in total. The van der Waals surface area contributed by atoms with Gasteiger partial charge in [0.15, 0.2) is 9.84 Å². The van der Waals surface area contributed by atoms with Crippen molar-refractivity contribution in [3.05, 3.63) is 35.6 Å². The van der Waals surface area contributed by atoms with Gasteiger partial charge in [0.2, 0.25) is 3.12 Å². The van der Waals surface area contributed by atoms with Gasteiger partial charge in [-0.15, -0.1) is 0 Å². The zero-order valence-corrected chi connectivity index (χ0v) is 12.1. The Balaban J connectivity index is 3.23. The molecule has 7 heteroatoms. The van der Waals surface area contributed by atoms with Crippen molar-refractivity contribution >= 4 is 37.4 Å². The lowest BCUT2D eigenvalue weighted by atomic mass is 10.1. The summed E-state index contributed by atoms with van der Waals surface area (Å²) in [5.74, 6) is -0.983. The van der Waals surface area contributed by atoms with Crippen LogP contribution in [-0.2, 0) is 9.84 Å². The zero-order valence-electron chi connectivity index (χ0n) is 8.90. The molecule has 96 valence electrons. The summed E-state index contributed by atoms with van der Waals surface area (Å²) in [7, 11) is -3.80. The maximum absolute atomic E-state index is 13.4. The second kappa shape index (κ2) is 5.22. The van der Waals surface area contributed by atoms with Crippen molar-refractivity contribution in [1.29, 1.82) is 0 Å². The molecule has 1 N–H and O–H groups in total. The number of rotatable bonds is 4. The maximum atomic E-state index is 13.4. The lowest BCUT2D eigenvalue weighted by molar-refractivity contribution is 0.180. The number of aliphatic hydroxyl groups is 1. The fourth-order valence-corrected chi connectivity index (χ4v) is 3.47. The number of benzene rings is 1. The monoisotopic (exact) mass is 344 g/mol. The molecule has 0 aliphatic heterocycles. The van der Waals surface area contributed by atoms with Crippen LogP contribution in [0.15, 0.2) is 24.3 Å². The third-order valence-electron chi connectivity index (χ3n) is 2.31. The van der Waals surface area contributed by atoms with Crippen molar-refractivity contribution in [2.45, 2.75) is 16.1 Å². The van der Waals surface area contributed by atoms with E-state index in [1.165, 1.54) is 25.1 Å². The standard InChI is InChI=1S/C10H11BrClFO3S/c1-2-17(15,16)10(11,12)9(14)7-5-3-4-6-8(7)13/h3-6,9,14H,2H2,1H3/t9-,10+/m1/s1. The van der Waals surface area contributed by atoms with Crippen LogP contribution in [0.3, 0.4) is 0 Å². The number of hydrogen-bond donors (Lipinski definition) is 1. The Kier molecular flexibility index (Phi) is 4.57. The summed E-state index contributed by atoms with van der Waals surface area (Å²) in [5.41, 5.74) is -0.170.